The number of hydrogen-bond acceptors (Lipinski definition) is 5. The molecule has 1 N–H and O–H groups in total. The highest BCUT2D eigenvalue weighted by atomic mass is 16.5. The van der Waals surface area contributed by atoms with E-state index in [0.29, 0.717) is 22.4 Å². The lowest BCUT2D eigenvalue weighted by Crippen LogP contribution is -2.10. The second kappa shape index (κ2) is 7.31. The Morgan fingerprint density at radius 1 is 0.966 bits per heavy atom. The molecule has 0 radical (unpaired) electrons. The predicted octanol–water partition coefficient (Wildman–Crippen LogP) is 4.87. The Morgan fingerprint density at radius 3 is 2.45 bits per heavy atom. The summed E-state index contributed by atoms with van der Waals surface area (Å²) in [6.45, 7) is 0. The molecule has 146 valence electrons. The van der Waals surface area contributed by atoms with E-state index in [1.54, 1.807) is 32.5 Å². The summed E-state index contributed by atoms with van der Waals surface area (Å²) in [5.74, 6) is 0.323. The topological polar surface area (TPSA) is 71.9 Å². The van der Waals surface area contributed by atoms with Crippen LogP contribution in [0.25, 0.3) is 21.7 Å². The number of carbonyl (C=O) groups is 1. The second-order valence-electron chi connectivity index (χ2n) is 6.63. The maximum absolute atomic E-state index is 11.5. The summed E-state index contributed by atoms with van der Waals surface area (Å²) in [4.78, 5) is 18.0. The summed E-state index contributed by atoms with van der Waals surface area (Å²) < 4.78 is 10.8. The van der Waals surface area contributed by atoms with Crippen molar-refractivity contribution in [3.63, 3.8) is 0 Å². The van der Waals surface area contributed by atoms with Crippen molar-refractivity contribution in [1.82, 2.24) is 4.98 Å². The molecular weight excluding hydrogens is 368 g/mol. The van der Waals surface area contributed by atoms with Gasteiger partial charge in [0, 0.05) is 30.4 Å². The standard InChI is InChI=1S/C23H20N2O4/c1-25(15-7-8-16-14(11-15)5-4-6-17(16)23(26)27)20-9-10-24-19-13-22(29-3)21(28-2)12-18(19)20/h4-13H,1-3H3,(H,26,27). The summed E-state index contributed by atoms with van der Waals surface area (Å²) >= 11 is 0. The predicted molar refractivity (Wildman–Crippen MR) is 114 cm³/mol. The zero-order valence-corrected chi connectivity index (χ0v) is 16.3. The molecule has 0 unspecified atom stereocenters. The first-order valence-electron chi connectivity index (χ1n) is 9.04. The molecule has 6 nitrogen and oxygen atoms in total. The van der Waals surface area contributed by atoms with Crippen molar-refractivity contribution in [3.05, 3.63) is 66.4 Å². The quantitative estimate of drug-likeness (QED) is 0.526. The molecule has 1 heterocycles. The van der Waals surface area contributed by atoms with Gasteiger partial charge in [-0.1, -0.05) is 18.2 Å². The van der Waals surface area contributed by atoms with Crippen LogP contribution in [0.2, 0.25) is 0 Å². The first-order chi connectivity index (χ1) is 14.0. The van der Waals surface area contributed by atoms with Gasteiger partial charge >= 0.3 is 5.97 Å². The highest BCUT2D eigenvalue weighted by Crippen LogP contribution is 2.37. The number of fused-ring (bicyclic) bond motifs is 2. The summed E-state index contributed by atoms with van der Waals surface area (Å²) in [5.41, 5.74) is 2.97. The molecule has 0 bridgehead atoms. The van der Waals surface area contributed by atoms with Crippen LogP contribution in [0, 0.1) is 0 Å². The first-order valence-corrected chi connectivity index (χ1v) is 9.04. The maximum atomic E-state index is 11.5. The molecule has 4 aromatic rings. The van der Waals surface area contributed by atoms with E-state index in [4.69, 9.17) is 9.47 Å². The fourth-order valence-electron chi connectivity index (χ4n) is 3.56. The van der Waals surface area contributed by atoms with Gasteiger partial charge < -0.3 is 19.5 Å². The number of anilines is 2. The minimum atomic E-state index is -0.933. The molecule has 0 atom stereocenters. The summed E-state index contributed by atoms with van der Waals surface area (Å²) in [6.07, 6.45) is 1.75. The van der Waals surface area contributed by atoms with Gasteiger partial charge in [0.1, 0.15) is 0 Å². The molecule has 0 aliphatic heterocycles. The normalized spacial score (nSPS) is 10.9. The third-order valence-corrected chi connectivity index (χ3v) is 5.07. The van der Waals surface area contributed by atoms with Crippen molar-refractivity contribution in [1.29, 1.82) is 0 Å². The highest BCUT2D eigenvalue weighted by Gasteiger charge is 2.15. The van der Waals surface area contributed by atoms with E-state index in [9.17, 15) is 9.90 Å². The van der Waals surface area contributed by atoms with Crippen LogP contribution in [0.3, 0.4) is 0 Å². The van der Waals surface area contributed by atoms with E-state index in [0.717, 1.165) is 27.7 Å². The number of hydrogen-bond donors (Lipinski definition) is 1. The fraction of sp³-hybridized carbons (Fsp3) is 0.130. The van der Waals surface area contributed by atoms with E-state index >= 15 is 0 Å². The van der Waals surface area contributed by atoms with Crippen molar-refractivity contribution in [2.75, 3.05) is 26.2 Å². The van der Waals surface area contributed by atoms with Gasteiger partial charge in [0.05, 0.1) is 31.0 Å². The number of aromatic nitrogens is 1. The zero-order valence-electron chi connectivity index (χ0n) is 16.3. The number of benzene rings is 3. The summed E-state index contributed by atoms with van der Waals surface area (Å²) in [5, 5.41) is 11.9. The van der Waals surface area contributed by atoms with Gasteiger partial charge in [0.15, 0.2) is 11.5 Å². The monoisotopic (exact) mass is 388 g/mol. The number of rotatable bonds is 5. The van der Waals surface area contributed by atoms with Crippen molar-refractivity contribution in [2.24, 2.45) is 0 Å². The van der Waals surface area contributed by atoms with Gasteiger partial charge in [0.2, 0.25) is 0 Å². The van der Waals surface area contributed by atoms with Gasteiger partial charge in [-0.25, -0.2) is 4.79 Å². The van der Waals surface area contributed by atoms with Crippen molar-refractivity contribution in [3.8, 4) is 11.5 Å². The van der Waals surface area contributed by atoms with Crippen molar-refractivity contribution in [2.45, 2.75) is 0 Å². The Hall–Kier alpha value is -3.80. The molecule has 0 saturated heterocycles. The molecule has 0 aliphatic rings. The van der Waals surface area contributed by atoms with Crippen LogP contribution in [0.4, 0.5) is 11.4 Å². The van der Waals surface area contributed by atoms with Crippen LogP contribution in [-0.2, 0) is 0 Å². The molecule has 0 amide bonds. The average Bonchev–Trinajstić information content (AvgIpc) is 2.76. The highest BCUT2D eigenvalue weighted by molar-refractivity contribution is 6.05. The van der Waals surface area contributed by atoms with Crippen LogP contribution in [0.5, 0.6) is 11.5 Å². The first kappa shape index (κ1) is 18.6. The summed E-state index contributed by atoms with van der Waals surface area (Å²) in [7, 11) is 5.17. The Balaban J connectivity index is 1.85. The lowest BCUT2D eigenvalue weighted by atomic mass is 10.0. The van der Waals surface area contributed by atoms with Crippen LogP contribution in [-0.4, -0.2) is 37.3 Å². The minimum absolute atomic E-state index is 0.294. The number of ether oxygens (including phenoxy) is 2. The Kier molecular flexibility index (Phi) is 4.68. The van der Waals surface area contributed by atoms with Gasteiger partial charge in [-0.2, -0.15) is 0 Å². The Labute approximate surface area is 167 Å². The number of pyridine rings is 1. The molecule has 4 rings (SSSR count). The molecule has 29 heavy (non-hydrogen) atoms. The van der Waals surface area contributed by atoms with Gasteiger partial charge in [0.25, 0.3) is 0 Å². The summed E-state index contributed by atoms with van der Waals surface area (Å²) in [6, 6.07) is 16.7. The van der Waals surface area contributed by atoms with E-state index in [2.05, 4.69) is 4.98 Å². The van der Waals surface area contributed by atoms with E-state index in [-0.39, 0.29) is 0 Å². The number of carboxylic acid groups (broad SMARTS) is 1. The maximum Gasteiger partial charge on any atom is 0.336 e. The van der Waals surface area contributed by atoms with Gasteiger partial charge in [-0.15, -0.1) is 0 Å². The van der Waals surface area contributed by atoms with Gasteiger partial charge in [-0.05, 0) is 41.1 Å². The second-order valence-corrected chi connectivity index (χ2v) is 6.63. The van der Waals surface area contributed by atoms with Crippen molar-refractivity contribution >= 4 is 39.0 Å². The van der Waals surface area contributed by atoms with Crippen LogP contribution < -0.4 is 14.4 Å². The number of carboxylic acids is 1. The van der Waals surface area contributed by atoms with Crippen LogP contribution >= 0.6 is 0 Å². The SMILES string of the molecule is COc1cc2nccc(N(C)c3ccc4c(C(=O)O)cccc4c3)c2cc1OC. The third-order valence-electron chi connectivity index (χ3n) is 5.07. The molecular formula is C23H20N2O4. The zero-order chi connectivity index (χ0) is 20.5. The number of methoxy groups -OCH3 is 2. The van der Waals surface area contributed by atoms with E-state index in [1.807, 2.05) is 54.4 Å². The molecule has 3 aromatic carbocycles. The molecule has 0 fully saturated rings. The Bertz CT molecular complexity index is 1240. The third kappa shape index (κ3) is 3.18. The lowest BCUT2D eigenvalue weighted by Gasteiger charge is -2.22. The lowest BCUT2D eigenvalue weighted by molar-refractivity contribution is 0.0699. The molecule has 6 heteroatoms. The fourth-order valence-corrected chi connectivity index (χ4v) is 3.56. The van der Waals surface area contributed by atoms with Gasteiger partial charge in [-0.3, -0.25) is 4.98 Å². The Morgan fingerprint density at radius 2 is 1.72 bits per heavy atom. The van der Waals surface area contributed by atoms with Crippen LogP contribution in [0.1, 0.15) is 10.4 Å². The van der Waals surface area contributed by atoms with E-state index < -0.39 is 5.97 Å². The molecule has 0 saturated carbocycles. The number of nitrogens with zero attached hydrogens (tertiary/aromatic N) is 2. The average molecular weight is 388 g/mol. The molecule has 0 aliphatic carbocycles. The van der Waals surface area contributed by atoms with E-state index in [1.165, 1.54) is 0 Å². The smallest absolute Gasteiger partial charge is 0.336 e. The molecule has 0 spiro atoms. The number of aromatic carboxylic acids is 1. The van der Waals surface area contributed by atoms with Crippen LogP contribution in [0.15, 0.2) is 60.8 Å². The van der Waals surface area contributed by atoms with Crippen molar-refractivity contribution < 1.29 is 19.4 Å². The minimum Gasteiger partial charge on any atom is -0.493 e. The molecule has 1 aromatic heterocycles. The largest absolute Gasteiger partial charge is 0.493 e.